The van der Waals surface area contributed by atoms with E-state index in [4.69, 9.17) is 28.9 Å². The Labute approximate surface area is 127 Å². The molecule has 0 spiro atoms. The number of amides is 2. The third-order valence-corrected chi connectivity index (χ3v) is 4.08. The lowest BCUT2D eigenvalue weighted by Crippen LogP contribution is -2.48. The quantitative estimate of drug-likeness (QED) is 0.849. The number of pyridine rings is 1. The Morgan fingerprint density at radius 3 is 2.70 bits per heavy atom. The summed E-state index contributed by atoms with van der Waals surface area (Å²) in [5.41, 5.74) is 5.44. The highest BCUT2D eigenvalue weighted by molar-refractivity contribution is 6.34. The monoisotopic (exact) mass is 315 g/mol. The maximum absolute atomic E-state index is 12.5. The molecule has 0 bridgehead atoms. The zero-order valence-corrected chi connectivity index (χ0v) is 12.5. The highest BCUT2D eigenvalue weighted by atomic mass is 35.5. The van der Waals surface area contributed by atoms with Crippen molar-refractivity contribution in [2.75, 3.05) is 6.54 Å². The number of nitrogens with zero attached hydrogens (tertiary/aromatic N) is 2. The molecule has 2 amide bonds. The molecule has 1 saturated heterocycles. The molecule has 7 heteroatoms. The van der Waals surface area contributed by atoms with Gasteiger partial charge in [0.25, 0.3) is 5.91 Å². The van der Waals surface area contributed by atoms with Gasteiger partial charge in [-0.3, -0.25) is 9.59 Å². The molecule has 1 aliphatic heterocycles. The second-order valence-corrected chi connectivity index (χ2v) is 5.74. The molecule has 0 aromatic carbocycles. The second kappa shape index (κ2) is 5.97. The summed E-state index contributed by atoms with van der Waals surface area (Å²) < 4.78 is 0. The third-order valence-electron chi connectivity index (χ3n) is 3.56. The van der Waals surface area contributed by atoms with Crippen molar-refractivity contribution in [2.45, 2.75) is 25.8 Å². The maximum Gasteiger partial charge on any atom is 0.274 e. The fraction of sp³-hybridized carbons (Fsp3) is 0.462. The summed E-state index contributed by atoms with van der Waals surface area (Å²) in [5.74, 6) is -1.04. The van der Waals surface area contributed by atoms with Gasteiger partial charge in [-0.2, -0.15) is 0 Å². The largest absolute Gasteiger partial charge is 0.369 e. The maximum atomic E-state index is 12.5. The zero-order chi connectivity index (χ0) is 14.9. The van der Waals surface area contributed by atoms with Gasteiger partial charge in [0, 0.05) is 12.6 Å². The van der Waals surface area contributed by atoms with E-state index in [9.17, 15) is 9.59 Å². The molecule has 2 unspecified atom stereocenters. The van der Waals surface area contributed by atoms with Gasteiger partial charge in [0.2, 0.25) is 5.91 Å². The highest BCUT2D eigenvalue weighted by Gasteiger charge is 2.33. The number of hydrogen-bond donors (Lipinski definition) is 1. The summed E-state index contributed by atoms with van der Waals surface area (Å²) in [5, 5.41) is 0.446. The van der Waals surface area contributed by atoms with Crippen LogP contribution in [0.1, 0.15) is 30.3 Å². The molecule has 2 heterocycles. The van der Waals surface area contributed by atoms with Crippen molar-refractivity contribution in [3.8, 4) is 0 Å². The molecular weight excluding hydrogens is 301 g/mol. The Morgan fingerprint density at radius 1 is 1.35 bits per heavy atom. The number of nitrogens with two attached hydrogens (primary N) is 1. The van der Waals surface area contributed by atoms with Crippen LogP contribution in [-0.4, -0.2) is 34.3 Å². The van der Waals surface area contributed by atoms with Crippen molar-refractivity contribution in [2.24, 2.45) is 11.7 Å². The van der Waals surface area contributed by atoms with Gasteiger partial charge in [0.1, 0.15) is 10.8 Å². The van der Waals surface area contributed by atoms with Crippen LogP contribution in [0.4, 0.5) is 0 Å². The second-order valence-electron chi connectivity index (χ2n) is 4.95. The molecule has 2 N–H and O–H groups in total. The van der Waals surface area contributed by atoms with Gasteiger partial charge in [-0.05, 0) is 31.9 Å². The van der Waals surface area contributed by atoms with Crippen LogP contribution in [0.25, 0.3) is 0 Å². The van der Waals surface area contributed by atoms with Gasteiger partial charge in [0.05, 0.1) is 10.9 Å². The lowest BCUT2D eigenvalue weighted by molar-refractivity contribution is -0.123. The normalized spacial score (nSPS) is 22.6. The minimum absolute atomic E-state index is 0.00921. The molecule has 0 saturated carbocycles. The number of carbonyl (C=O) groups excluding carboxylic acids is 2. The number of likely N-dealkylation sites (tertiary alicyclic amines) is 1. The van der Waals surface area contributed by atoms with Crippen LogP contribution < -0.4 is 5.73 Å². The number of halogens is 2. The Bertz CT molecular complexity index is 550. The summed E-state index contributed by atoms with van der Waals surface area (Å²) >= 11 is 11.8. The van der Waals surface area contributed by atoms with Crippen LogP contribution in [0.5, 0.6) is 0 Å². The molecular formula is C13H15Cl2N3O2. The Morgan fingerprint density at radius 2 is 2.05 bits per heavy atom. The fourth-order valence-electron chi connectivity index (χ4n) is 2.33. The van der Waals surface area contributed by atoms with E-state index in [-0.39, 0.29) is 39.6 Å². The lowest BCUT2D eigenvalue weighted by atomic mass is 9.92. The SMILES string of the molecule is CC1CCC(C(N)=O)CN1C(=O)c1nc(Cl)ccc1Cl. The molecule has 1 aromatic heterocycles. The summed E-state index contributed by atoms with van der Waals surface area (Å²) in [7, 11) is 0. The van der Waals surface area contributed by atoms with Crippen LogP contribution in [0, 0.1) is 5.92 Å². The van der Waals surface area contributed by atoms with Crippen molar-refractivity contribution in [3.05, 3.63) is 28.0 Å². The van der Waals surface area contributed by atoms with Crippen LogP contribution in [-0.2, 0) is 4.79 Å². The van der Waals surface area contributed by atoms with Gasteiger partial charge in [0.15, 0.2) is 0 Å². The van der Waals surface area contributed by atoms with E-state index in [1.54, 1.807) is 4.90 Å². The van der Waals surface area contributed by atoms with Crippen molar-refractivity contribution >= 4 is 35.0 Å². The van der Waals surface area contributed by atoms with E-state index < -0.39 is 0 Å². The summed E-state index contributed by atoms with van der Waals surface area (Å²) in [6.07, 6.45) is 1.41. The molecule has 0 aliphatic carbocycles. The molecule has 1 fully saturated rings. The van der Waals surface area contributed by atoms with Gasteiger partial charge in [-0.25, -0.2) is 4.98 Å². The van der Waals surface area contributed by atoms with Gasteiger partial charge in [-0.1, -0.05) is 23.2 Å². The molecule has 2 atom stereocenters. The van der Waals surface area contributed by atoms with Crippen LogP contribution in [0.3, 0.4) is 0 Å². The number of carbonyl (C=O) groups is 2. The molecule has 0 radical (unpaired) electrons. The molecule has 108 valence electrons. The highest BCUT2D eigenvalue weighted by Crippen LogP contribution is 2.25. The van der Waals surface area contributed by atoms with E-state index in [1.807, 2.05) is 6.92 Å². The summed E-state index contributed by atoms with van der Waals surface area (Å²) in [6.45, 7) is 2.22. The number of rotatable bonds is 2. The molecule has 5 nitrogen and oxygen atoms in total. The summed E-state index contributed by atoms with van der Waals surface area (Å²) in [6, 6.07) is 3.06. The zero-order valence-electron chi connectivity index (χ0n) is 11.0. The van der Waals surface area contributed by atoms with E-state index in [0.717, 1.165) is 6.42 Å². The number of hydrogen-bond acceptors (Lipinski definition) is 3. The molecule has 20 heavy (non-hydrogen) atoms. The van der Waals surface area contributed by atoms with Crippen molar-refractivity contribution < 1.29 is 9.59 Å². The predicted octanol–water partition coefficient (Wildman–Crippen LogP) is 2.11. The van der Waals surface area contributed by atoms with Crippen molar-refractivity contribution in [1.29, 1.82) is 0 Å². The van der Waals surface area contributed by atoms with E-state index in [0.29, 0.717) is 13.0 Å². The fourth-order valence-corrected chi connectivity index (χ4v) is 2.66. The summed E-state index contributed by atoms with van der Waals surface area (Å²) in [4.78, 5) is 29.4. The standard InChI is InChI=1S/C13H15Cl2N3O2/c1-7-2-3-8(12(16)19)6-18(7)13(20)11-9(14)4-5-10(15)17-11/h4-5,7-8H,2-3,6H2,1H3,(H2,16,19). The van der Waals surface area contributed by atoms with E-state index in [2.05, 4.69) is 4.98 Å². The minimum Gasteiger partial charge on any atom is -0.369 e. The topological polar surface area (TPSA) is 76.3 Å². The van der Waals surface area contributed by atoms with Crippen LogP contribution >= 0.6 is 23.2 Å². The Hall–Kier alpha value is -1.33. The van der Waals surface area contributed by atoms with E-state index in [1.165, 1.54) is 12.1 Å². The first-order valence-electron chi connectivity index (χ1n) is 6.32. The molecule has 2 rings (SSSR count). The predicted molar refractivity (Wildman–Crippen MR) is 76.7 cm³/mol. The Kier molecular flexibility index (Phi) is 4.50. The van der Waals surface area contributed by atoms with Crippen molar-refractivity contribution in [1.82, 2.24) is 9.88 Å². The number of primary amides is 1. The van der Waals surface area contributed by atoms with Gasteiger partial charge < -0.3 is 10.6 Å². The first-order valence-corrected chi connectivity index (χ1v) is 7.08. The van der Waals surface area contributed by atoms with Crippen LogP contribution in [0.15, 0.2) is 12.1 Å². The average molecular weight is 316 g/mol. The molecule has 1 aromatic rings. The average Bonchev–Trinajstić information content (AvgIpc) is 2.41. The van der Waals surface area contributed by atoms with Gasteiger partial charge in [-0.15, -0.1) is 0 Å². The van der Waals surface area contributed by atoms with Crippen LogP contribution in [0.2, 0.25) is 10.2 Å². The number of piperidine rings is 1. The molecule has 1 aliphatic rings. The van der Waals surface area contributed by atoms with Gasteiger partial charge >= 0.3 is 0 Å². The minimum atomic E-state index is -0.389. The third kappa shape index (κ3) is 3.04. The lowest BCUT2D eigenvalue weighted by Gasteiger charge is -2.36. The number of aromatic nitrogens is 1. The first kappa shape index (κ1) is 15.1. The first-order chi connectivity index (χ1) is 9.40. The Balaban J connectivity index is 2.26. The van der Waals surface area contributed by atoms with E-state index >= 15 is 0 Å². The van der Waals surface area contributed by atoms with Crippen molar-refractivity contribution in [3.63, 3.8) is 0 Å². The smallest absolute Gasteiger partial charge is 0.274 e.